The van der Waals surface area contributed by atoms with Gasteiger partial charge in [0.05, 0.1) is 42.8 Å². The number of aliphatic imine (C=N–C) groups is 1. The van der Waals surface area contributed by atoms with Crippen LogP contribution in [-0.4, -0.2) is 64.7 Å². The summed E-state index contributed by atoms with van der Waals surface area (Å²) >= 11 is 0. The number of aromatic hydroxyl groups is 1. The molecule has 2 aromatic heterocycles. The fraction of sp³-hybridized carbons (Fsp3) is 0.188. The van der Waals surface area contributed by atoms with Crippen molar-refractivity contribution < 1.29 is 19.4 Å². The Morgan fingerprint density at radius 1 is 0.975 bits per heavy atom. The molecule has 6 rings (SSSR count). The van der Waals surface area contributed by atoms with E-state index in [0.717, 1.165) is 55.2 Å². The Labute approximate surface area is 232 Å². The van der Waals surface area contributed by atoms with Crippen LogP contribution in [0.2, 0.25) is 0 Å². The van der Waals surface area contributed by atoms with Gasteiger partial charge >= 0.3 is 5.97 Å². The number of aromatic amines is 1. The number of fused-ring (bicyclic) bond motifs is 1. The molecular weight excluding hydrogens is 504 g/mol. The predicted octanol–water partition coefficient (Wildman–Crippen LogP) is 5.45. The molecule has 0 atom stereocenters. The van der Waals surface area contributed by atoms with Crippen molar-refractivity contribution in [1.29, 1.82) is 0 Å². The molecule has 5 aromatic rings. The third kappa shape index (κ3) is 5.14. The van der Waals surface area contributed by atoms with Crippen molar-refractivity contribution >= 4 is 28.3 Å². The smallest absolute Gasteiger partial charge is 0.337 e. The largest absolute Gasteiger partial charge is 0.494 e. The number of morpholine rings is 1. The summed E-state index contributed by atoms with van der Waals surface area (Å²) in [5.74, 6) is -0.457. The van der Waals surface area contributed by atoms with Crippen LogP contribution in [0.4, 0.5) is 5.69 Å². The topological polar surface area (TPSA) is 92.1 Å². The van der Waals surface area contributed by atoms with Gasteiger partial charge in [0.1, 0.15) is 0 Å². The number of rotatable bonds is 7. The highest BCUT2D eigenvalue weighted by molar-refractivity contribution is 6.22. The second-order valence-electron chi connectivity index (χ2n) is 9.70. The Morgan fingerprint density at radius 2 is 1.75 bits per heavy atom. The zero-order chi connectivity index (χ0) is 27.5. The molecule has 3 aromatic carbocycles. The molecule has 1 aliphatic heterocycles. The normalized spacial score (nSPS) is 14.5. The third-order valence-corrected chi connectivity index (χ3v) is 7.18. The molecule has 8 heteroatoms. The minimum atomic E-state index is -0.439. The van der Waals surface area contributed by atoms with E-state index >= 15 is 0 Å². The monoisotopic (exact) mass is 534 g/mol. The molecule has 0 aliphatic carbocycles. The van der Waals surface area contributed by atoms with E-state index in [4.69, 9.17) is 14.5 Å². The molecule has 0 unspecified atom stereocenters. The number of nitrogens with zero attached hydrogens (tertiary/aromatic N) is 3. The van der Waals surface area contributed by atoms with Crippen LogP contribution < -0.4 is 0 Å². The van der Waals surface area contributed by atoms with Gasteiger partial charge in [0.25, 0.3) is 0 Å². The highest BCUT2D eigenvalue weighted by Gasteiger charge is 2.20. The first kappa shape index (κ1) is 25.6. The van der Waals surface area contributed by atoms with Gasteiger partial charge in [-0.05, 0) is 48.5 Å². The van der Waals surface area contributed by atoms with Crippen molar-refractivity contribution in [3.05, 3.63) is 114 Å². The van der Waals surface area contributed by atoms with E-state index in [1.54, 1.807) is 18.2 Å². The molecule has 202 valence electrons. The predicted molar refractivity (Wildman–Crippen MR) is 155 cm³/mol. The maximum absolute atomic E-state index is 12.0. The SMILES string of the molecule is COC(=O)c1ccc2c(C(=Nc3ccc(-n4cccc4CN4CCOCC4)cc3)c3ccccc3)c(O)[nH]c2c1. The zero-order valence-corrected chi connectivity index (χ0v) is 22.2. The van der Waals surface area contributed by atoms with Crippen LogP contribution in [0.1, 0.15) is 27.2 Å². The summed E-state index contributed by atoms with van der Waals surface area (Å²) in [6.45, 7) is 4.29. The van der Waals surface area contributed by atoms with Crippen LogP contribution in [0, 0.1) is 0 Å². The first-order chi connectivity index (χ1) is 19.6. The van der Waals surface area contributed by atoms with Crippen LogP contribution >= 0.6 is 0 Å². The number of hydrogen-bond acceptors (Lipinski definition) is 6. The lowest BCUT2D eigenvalue weighted by Crippen LogP contribution is -2.36. The Hall–Kier alpha value is -4.66. The number of carbonyl (C=O) groups excluding carboxylic acids is 1. The van der Waals surface area contributed by atoms with Gasteiger partial charge in [0, 0.05) is 53.7 Å². The molecule has 2 N–H and O–H groups in total. The molecular formula is C32H30N4O4. The summed E-state index contributed by atoms with van der Waals surface area (Å²) in [5, 5.41) is 11.8. The lowest BCUT2D eigenvalue weighted by atomic mass is 10.00. The Kier molecular flexibility index (Phi) is 7.18. The van der Waals surface area contributed by atoms with Crippen molar-refractivity contribution in [2.75, 3.05) is 33.4 Å². The van der Waals surface area contributed by atoms with Gasteiger partial charge < -0.3 is 24.1 Å². The standard InChI is InChI=1S/C32H30N4O4/c1-39-32(38)23-9-14-27-28(20-23)34-31(37)29(27)30(22-6-3-2-4-7-22)33-24-10-12-25(13-11-24)36-15-5-8-26(36)21-35-16-18-40-19-17-35/h2-15,20,34,37H,16-19,21H2,1H3. The molecule has 0 amide bonds. The average Bonchev–Trinajstić information content (AvgIpc) is 3.59. The minimum Gasteiger partial charge on any atom is -0.494 e. The van der Waals surface area contributed by atoms with E-state index in [2.05, 4.69) is 44.9 Å². The summed E-state index contributed by atoms with van der Waals surface area (Å²) < 4.78 is 12.5. The number of methoxy groups -OCH3 is 1. The number of aromatic nitrogens is 2. The lowest BCUT2D eigenvalue weighted by Gasteiger charge is -2.27. The molecule has 1 saturated heterocycles. The number of carbonyl (C=O) groups is 1. The van der Waals surface area contributed by atoms with E-state index in [-0.39, 0.29) is 5.88 Å². The van der Waals surface area contributed by atoms with Crippen LogP contribution in [0.3, 0.4) is 0 Å². The van der Waals surface area contributed by atoms with Gasteiger partial charge in [-0.1, -0.05) is 36.4 Å². The minimum absolute atomic E-state index is 0.0173. The van der Waals surface area contributed by atoms with Gasteiger partial charge in [-0.2, -0.15) is 0 Å². The van der Waals surface area contributed by atoms with Gasteiger partial charge in [-0.15, -0.1) is 0 Å². The molecule has 0 radical (unpaired) electrons. The second kappa shape index (κ2) is 11.2. The van der Waals surface area contributed by atoms with Gasteiger partial charge in [-0.25, -0.2) is 9.79 Å². The highest BCUT2D eigenvalue weighted by Crippen LogP contribution is 2.32. The van der Waals surface area contributed by atoms with Crippen molar-refractivity contribution in [3.8, 4) is 11.6 Å². The van der Waals surface area contributed by atoms with Crippen LogP contribution in [0.15, 0.2) is 96.1 Å². The first-order valence-electron chi connectivity index (χ1n) is 13.2. The van der Waals surface area contributed by atoms with Crippen molar-refractivity contribution in [1.82, 2.24) is 14.5 Å². The number of esters is 1. The Bertz CT molecular complexity index is 1660. The van der Waals surface area contributed by atoms with Crippen molar-refractivity contribution in [2.45, 2.75) is 6.54 Å². The number of H-pyrrole nitrogens is 1. The number of hydrogen-bond donors (Lipinski definition) is 2. The van der Waals surface area contributed by atoms with Gasteiger partial charge in [0.15, 0.2) is 5.88 Å². The number of benzene rings is 3. The fourth-order valence-electron chi connectivity index (χ4n) is 5.13. The molecule has 1 fully saturated rings. The van der Waals surface area contributed by atoms with Crippen LogP contribution in [0.5, 0.6) is 5.88 Å². The van der Waals surface area contributed by atoms with Crippen LogP contribution in [0.25, 0.3) is 16.6 Å². The number of ether oxygens (including phenoxy) is 2. The highest BCUT2D eigenvalue weighted by atomic mass is 16.5. The quantitative estimate of drug-likeness (QED) is 0.214. The molecule has 8 nitrogen and oxygen atoms in total. The summed E-state index contributed by atoms with van der Waals surface area (Å²) in [6.07, 6.45) is 2.08. The van der Waals surface area contributed by atoms with E-state index in [1.165, 1.54) is 12.8 Å². The molecule has 0 spiro atoms. The second-order valence-corrected chi connectivity index (χ2v) is 9.70. The molecule has 1 aliphatic rings. The Balaban J connectivity index is 1.36. The number of nitrogens with one attached hydrogen (secondary N) is 1. The first-order valence-corrected chi connectivity index (χ1v) is 13.2. The summed E-state index contributed by atoms with van der Waals surface area (Å²) in [7, 11) is 1.34. The van der Waals surface area contributed by atoms with Crippen LogP contribution in [-0.2, 0) is 16.0 Å². The molecule has 3 heterocycles. The molecule has 40 heavy (non-hydrogen) atoms. The maximum Gasteiger partial charge on any atom is 0.337 e. The Morgan fingerprint density at radius 3 is 2.50 bits per heavy atom. The van der Waals surface area contributed by atoms with Crippen molar-refractivity contribution in [2.24, 2.45) is 4.99 Å². The maximum atomic E-state index is 12.0. The molecule has 0 saturated carbocycles. The van der Waals surface area contributed by atoms with E-state index in [0.29, 0.717) is 22.4 Å². The van der Waals surface area contributed by atoms with E-state index in [9.17, 15) is 9.90 Å². The van der Waals surface area contributed by atoms with Gasteiger partial charge in [-0.3, -0.25) is 4.90 Å². The summed E-state index contributed by atoms with van der Waals surface area (Å²) in [4.78, 5) is 22.5. The van der Waals surface area contributed by atoms with Crippen molar-refractivity contribution in [3.63, 3.8) is 0 Å². The lowest BCUT2D eigenvalue weighted by molar-refractivity contribution is 0.0334. The summed E-state index contributed by atoms with van der Waals surface area (Å²) in [5.41, 5.74) is 6.10. The third-order valence-electron chi connectivity index (χ3n) is 7.18. The van der Waals surface area contributed by atoms with E-state index in [1.807, 2.05) is 42.5 Å². The molecule has 0 bridgehead atoms. The summed E-state index contributed by atoms with van der Waals surface area (Å²) in [6, 6.07) is 27.2. The zero-order valence-electron chi connectivity index (χ0n) is 22.2. The van der Waals surface area contributed by atoms with E-state index < -0.39 is 5.97 Å². The average molecular weight is 535 g/mol. The van der Waals surface area contributed by atoms with Gasteiger partial charge in [0.2, 0.25) is 0 Å². The fourth-order valence-corrected chi connectivity index (χ4v) is 5.13.